The minimum absolute atomic E-state index is 0.0160. The molecule has 1 aromatic carbocycles. The van der Waals surface area contributed by atoms with Gasteiger partial charge in [0.15, 0.2) is 0 Å². The van der Waals surface area contributed by atoms with Gasteiger partial charge in [0.25, 0.3) is 0 Å². The number of hydrogen-bond donors (Lipinski definition) is 3. The molecule has 0 aromatic heterocycles. The first-order valence-corrected chi connectivity index (χ1v) is 6.97. The molecule has 1 atom stereocenters. The summed E-state index contributed by atoms with van der Waals surface area (Å²) >= 11 is 0. The average Bonchev–Trinajstić information content (AvgIpc) is 2.49. The van der Waals surface area contributed by atoms with Crippen LogP contribution in [0.25, 0.3) is 0 Å². The minimum Gasteiger partial charge on any atom is -0.355 e. The number of hydrogen-bond acceptors (Lipinski definition) is 3. The zero-order chi connectivity index (χ0) is 14.8. The lowest BCUT2D eigenvalue weighted by atomic mass is 10.1. The second kappa shape index (κ2) is 9.09. The van der Waals surface area contributed by atoms with E-state index in [1.165, 1.54) is 0 Å². The predicted octanol–water partition coefficient (Wildman–Crippen LogP) is 0.589. The maximum atomic E-state index is 11.7. The van der Waals surface area contributed by atoms with Crippen LogP contribution in [0.5, 0.6) is 0 Å². The van der Waals surface area contributed by atoms with Crippen molar-refractivity contribution in [3.63, 3.8) is 0 Å². The highest BCUT2D eigenvalue weighted by Gasteiger charge is 2.14. The Labute approximate surface area is 119 Å². The van der Waals surface area contributed by atoms with Gasteiger partial charge in [0, 0.05) is 6.54 Å². The highest BCUT2D eigenvalue weighted by atomic mass is 16.2. The van der Waals surface area contributed by atoms with E-state index in [4.69, 9.17) is 5.73 Å². The Kier molecular flexibility index (Phi) is 7.35. The summed E-state index contributed by atoms with van der Waals surface area (Å²) in [5.74, 6) is -0.469. The highest BCUT2D eigenvalue weighted by Crippen LogP contribution is 2.03. The molecule has 0 bridgehead atoms. The molecular weight excluding hydrogens is 254 g/mol. The Hall–Kier alpha value is -1.88. The van der Waals surface area contributed by atoms with E-state index in [0.717, 1.165) is 18.4 Å². The number of nitrogens with two attached hydrogens (primary N) is 1. The summed E-state index contributed by atoms with van der Waals surface area (Å²) in [4.78, 5) is 23.1. The molecule has 0 fully saturated rings. The van der Waals surface area contributed by atoms with Crippen molar-refractivity contribution < 1.29 is 9.59 Å². The van der Waals surface area contributed by atoms with Crippen molar-refractivity contribution in [3.05, 3.63) is 35.9 Å². The van der Waals surface area contributed by atoms with E-state index in [-0.39, 0.29) is 18.4 Å². The Balaban J connectivity index is 2.24. The lowest BCUT2D eigenvalue weighted by Gasteiger charge is -2.12. The number of carbonyl (C=O) groups is 2. The topological polar surface area (TPSA) is 84.2 Å². The zero-order valence-electron chi connectivity index (χ0n) is 11.9. The highest BCUT2D eigenvalue weighted by molar-refractivity contribution is 5.87. The summed E-state index contributed by atoms with van der Waals surface area (Å²) in [6.07, 6.45) is 2.18. The van der Waals surface area contributed by atoms with Gasteiger partial charge in [-0.15, -0.1) is 0 Å². The summed E-state index contributed by atoms with van der Waals surface area (Å²) in [6.45, 7) is 2.57. The molecule has 4 N–H and O–H groups in total. The van der Waals surface area contributed by atoms with E-state index in [9.17, 15) is 9.59 Å². The number of rotatable bonds is 8. The third-order valence-corrected chi connectivity index (χ3v) is 2.92. The molecule has 0 saturated carbocycles. The fourth-order valence-corrected chi connectivity index (χ4v) is 1.72. The summed E-state index contributed by atoms with van der Waals surface area (Å²) in [5.41, 5.74) is 6.96. The first-order valence-electron chi connectivity index (χ1n) is 6.97. The van der Waals surface area contributed by atoms with Crippen molar-refractivity contribution in [2.75, 3.05) is 13.1 Å². The normalized spacial score (nSPS) is 11.7. The van der Waals surface area contributed by atoms with Gasteiger partial charge in [0.1, 0.15) is 0 Å². The standard InChI is InChI=1S/C15H23N3O2/c1-2-10-17-14(19)11-18-15(20)13(16)9-8-12-6-4-3-5-7-12/h3-7,13H,2,8-11,16H2,1H3,(H,17,19)(H,18,20)/t13-/m0/s1. The van der Waals surface area contributed by atoms with Gasteiger partial charge in [-0.3, -0.25) is 9.59 Å². The van der Waals surface area contributed by atoms with E-state index < -0.39 is 6.04 Å². The summed E-state index contributed by atoms with van der Waals surface area (Å²) < 4.78 is 0. The van der Waals surface area contributed by atoms with E-state index in [1.807, 2.05) is 37.3 Å². The first-order chi connectivity index (χ1) is 9.63. The van der Waals surface area contributed by atoms with E-state index in [0.29, 0.717) is 13.0 Å². The van der Waals surface area contributed by atoms with Crippen LogP contribution in [-0.2, 0) is 16.0 Å². The number of carbonyl (C=O) groups excluding carboxylic acids is 2. The average molecular weight is 277 g/mol. The molecule has 5 nitrogen and oxygen atoms in total. The van der Waals surface area contributed by atoms with Gasteiger partial charge < -0.3 is 16.4 Å². The largest absolute Gasteiger partial charge is 0.355 e. The second-order valence-corrected chi connectivity index (χ2v) is 4.70. The molecule has 20 heavy (non-hydrogen) atoms. The lowest BCUT2D eigenvalue weighted by molar-refractivity contribution is -0.126. The van der Waals surface area contributed by atoms with E-state index in [1.54, 1.807) is 0 Å². The van der Waals surface area contributed by atoms with Crippen molar-refractivity contribution in [1.29, 1.82) is 0 Å². The smallest absolute Gasteiger partial charge is 0.239 e. The summed E-state index contributed by atoms with van der Waals surface area (Å²) in [6, 6.07) is 9.28. The number of aryl methyl sites for hydroxylation is 1. The molecule has 0 unspecified atom stereocenters. The maximum Gasteiger partial charge on any atom is 0.239 e. The molecule has 0 spiro atoms. The third kappa shape index (κ3) is 6.33. The predicted molar refractivity (Wildman–Crippen MR) is 79.0 cm³/mol. The molecule has 1 aromatic rings. The Bertz CT molecular complexity index is 420. The van der Waals surface area contributed by atoms with Gasteiger partial charge in [0.2, 0.25) is 11.8 Å². The Morgan fingerprint density at radius 1 is 1.20 bits per heavy atom. The molecule has 2 amide bonds. The maximum absolute atomic E-state index is 11.7. The van der Waals surface area contributed by atoms with E-state index >= 15 is 0 Å². The molecule has 0 radical (unpaired) electrons. The van der Waals surface area contributed by atoms with Crippen LogP contribution in [-0.4, -0.2) is 30.9 Å². The molecule has 0 heterocycles. The van der Waals surface area contributed by atoms with Gasteiger partial charge in [-0.2, -0.15) is 0 Å². The van der Waals surface area contributed by atoms with Crippen LogP contribution < -0.4 is 16.4 Å². The SMILES string of the molecule is CCCNC(=O)CNC(=O)[C@@H](N)CCc1ccccc1. The van der Waals surface area contributed by atoms with Gasteiger partial charge in [-0.05, 0) is 24.8 Å². The minimum atomic E-state index is -0.589. The molecule has 0 aliphatic rings. The van der Waals surface area contributed by atoms with Crippen molar-refractivity contribution in [2.45, 2.75) is 32.2 Å². The van der Waals surface area contributed by atoms with Crippen LogP contribution >= 0.6 is 0 Å². The van der Waals surface area contributed by atoms with Crippen molar-refractivity contribution in [3.8, 4) is 0 Å². The molecule has 0 aliphatic heterocycles. The van der Waals surface area contributed by atoms with Crippen molar-refractivity contribution in [1.82, 2.24) is 10.6 Å². The molecule has 0 saturated heterocycles. The molecule has 110 valence electrons. The zero-order valence-corrected chi connectivity index (χ0v) is 11.9. The fraction of sp³-hybridized carbons (Fsp3) is 0.467. The Morgan fingerprint density at radius 3 is 2.55 bits per heavy atom. The quantitative estimate of drug-likeness (QED) is 0.650. The number of amides is 2. The molecule has 1 rings (SSSR count). The van der Waals surface area contributed by atoms with Gasteiger partial charge in [-0.1, -0.05) is 37.3 Å². The first kappa shape index (κ1) is 16.2. The molecular formula is C15H23N3O2. The Morgan fingerprint density at radius 2 is 1.90 bits per heavy atom. The van der Waals surface area contributed by atoms with Crippen molar-refractivity contribution in [2.24, 2.45) is 5.73 Å². The van der Waals surface area contributed by atoms with Crippen LogP contribution in [0.15, 0.2) is 30.3 Å². The van der Waals surface area contributed by atoms with Gasteiger partial charge >= 0.3 is 0 Å². The van der Waals surface area contributed by atoms with Crippen LogP contribution in [0, 0.1) is 0 Å². The fourth-order valence-electron chi connectivity index (χ4n) is 1.72. The summed E-state index contributed by atoms with van der Waals surface area (Å²) in [7, 11) is 0. The van der Waals surface area contributed by atoms with Crippen LogP contribution in [0.2, 0.25) is 0 Å². The monoisotopic (exact) mass is 277 g/mol. The second-order valence-electron chi connectivity index (χ2n) is 4.70. The van der Waals surface area contributed by atoms with Crippen LogP contribution in [0.4, 0.5) is 0 Å². The van der Waals surface area contributed by atoms with Crippen LogP contribution in [0.3, 0.4) is 0 Å². The van der Waals surface area contributed by atoms with Gasteiger partial charge in [0.05, 0.1) is 12.6 Å². The lowest BCUT2D eigenvalue weighted by Crippen LogP contribution is -2.45. The summed E-state index contributed by atoms with van der Waals surface area (Å²) in [5, 5.41) is 5.24. The molecule has 5 heteroatoms. The third-order valence-electron chi connectivity index (χ3n) is 2.92. The van der Waals surface area contributed by atoms with E-state index in [2.05, 4.69) is 10.6 Å². The number of benzene rings is 1. The number of nitrogens with one attached hydrogen (secondary N) is 2. The van der Waals surface area contributed by atoms with Crippen molar-refractivity contribution >= 4 is 11.8 Å². The van der Waals surface area contributed by atoms with Crippen LogP contribution in [0.1, 0.15) is 25.3 Å². The van der Waals surface area contributed by atoms with Gasteiger partial charge in [-0.25, -0.2) is 0 Å². The molecule has 0 aliphatic carbocycles.